The molecule has 98 valence electrons. The zero-order valence-electron chi connectivity index (χ0n) is 10.5. The maximum Gasteiger partial charge on any atom is 0.270 e. The molecule has 0 aliphatic heterocycles. The predicted molar refractivity (Wildman–Crippen MR) is 70.6 cm³/mol. The quantitative estimate of drug-likeness (QED) is 0.782. The van der Waals surface area contributed by atoms with Gasteiger partial charge in [-0.05, 0) is 24.3 Å². The summed E-state index contributed by atoms with van der Waals surface area (Å²) in [5.41, 5.74) is 0.853. The van der Waals surface area contributed by atoms with Crippen LogP contribution in [0, 0.1) is 0 Å². The summed E-state index contributed by atoms with van der Waals surface area (Å²) < 4.78 is 0. The Morgan fingerprint density at radius 2 is 1.95 bits per heavy atom. The molecule has 0 saturated carbocycles. The molecule has 0 bridgehead atoms. The van der Waals surface area contributed by atoms with Crippen molar-refractivity contribution in [2.24, 2.45) is 0 Å². The van der Waals surface area contributed by atoms with E-state index in [-0.39, 0.29) is 11.8 Å². The summed E-state index contributed by atoms with van der Waals surface area (Å²) in [7, 11) is 0. The molecule has 2 aromatic heterocycles. The van der Waals surface area contributed by atoms with Gasteiger partial charge in [-0.25, -0.2) is 9.97 Å². The van der Waals surface area contributed by atoms with Crippen LogP contribution in [0.4, 0.5) is 0 Å². The van der Waals surface area contributed by atoms with Crippen LogP contribution in [0.2, 0.25) is 0 Å². The van der Waals surface area contributed by atoms with Crippen molar-refractivity contribution in [1.29, 1.82) is 0 Å². The van der Waals surface area contributed by atoms with E-state index in [1.807, 2.05) is 12.1 Å². The predicted octanol–water partition coefficient (Wildman–Crippen LogP) is 0.496. The van der Waals surface area contributed by atoms with Crippen molar-refractivity contribution in [3.63, 3.8) is 0 Å². The summed E-state index contributed by atoms with van der Waals surface area (Å²) in [5.74, 6) is -0.403. The number of fused-ring (bicyclic) bond motifs is 1. The van der Waals surface area contributed by atoms with Crippen LogP contribution in [0.5, 0.6) is 0 Å². The molecule has 6 heteroatoms. The fraction of sp³-hybridized carbons (Fsp3) is 0.231. The molecule has 0 aliphatic carbocycles. The molecular weight excluding hydrogens is 244 g/mol. The van der Waals surface area contributed by atoms with Crippen molar-refractivity contribution >= 4 is 22.8 Å². The number of aromatic nitrogens is 2. The Morgan fingerprint density at radius 1 is 1.16 bits per heavy atom. The van der Waals surface area contributed by atoms with Gasteiger partial charge >= 0.3 is 0 Å². The highest BCUT2D eigenvalue weighted by molar-refractivity contribution is 5.94. The molecule has 0 fully saturated rings. The number of hydrogen-bond acceptors (Lipinski definition) is 4. The molecule has 2 heterocycles. The maximum absolute atomic E-state index is 11.8. The van der Waals surface area contributed by atoms with Crippen molar-refractivity contribution in [2.45, 2.75) is 6.92 Å². The second-order valence-electron chi connectivity index (χ2n) is 3.99. The fourth-order valence-corrected chi connectivity index (χ4v) is 1.58. The molecule has 2 amide bonds. The largest absolute Gasteiger partial charge is 0.355 e. The van der Waals surface area contributed by atoms with E-state index in [0.29, 0.717) is 24.4 Å². The lowest BCUT2D eigenvalue weighted by molar-refractivity contribution is -0.118. The van der Waals surface area contributed by atoms with Gasteiger partial charge in [-0.15, -0.1) is 0 Å². The van der Waals surface area contributed by atoms with E-state index in [1.165, 1.54) is 6.92 Å². The molecule has 0 spiro atoms. The fourth-order valence-electron chi connectivity index (χ4n) is 1.58. The third-order valence-corrected chi connectivity index (χ3v) is 2.48. The van der Waals surface area contributed by atoms with Crippen LogP contribution < -0.4 is 10.6 Å². The van der Waals surface area contributed by atoms with Crippen LogP contribution in [0.15, 0.2) is 30.5 Å². The normalized spacial score (nSPS) is 10.2. The third-order valence-electron chi connectivity index (χ3n) is 2.48. The lowest BCUT2D eigenvalue weighted by Gasteiger charge is -2.05. The van der Waals surface area contributed by atoms with E-state index in [1.54, 1.807) is 18.3 Å². The van der Waals surface area contributed by atoms with Gasteiger partial charge in [0.25, 0.3) is 5.91 Å². The Hall–Kier alpha value is -2.50. The summed E-state index contributed by atoms with van der Waals surface area (Å²) in [5, 5.41) is 6.16. The lowest BCUT2D eigenvalue weighted by atomic mass is 10.2. The number of rotatable bonds is 4. The minimum atomic E-state index is -0.280. The number of carbonyl (C=O) groups is 2. The minimum absolute atomic E-state index is 0.123. The molecule has 6 nitrogen and oxygen atoms in total. The van der Waals surface area contributed by atoms with Gasteiger partial charge in [-0.3, -0.25) is 9.59 Å². The monoisotopic (exact) mass is 258 g/mol. The molecule has 0 saturated heterocycles. The van der Waals surface area contributed by atoms with E-state index in [9.17, 15) is 9.59 Å². The first-order valence-corrected chi connectivity index (χ1v) is 5.91. The van der Waals surface area contributed by atoms with Gasteiger partial charge in [0, 0.05) is 31.6 Å². The van der Waals surface area contributed by atoms with E-state index >= 15 is 0 Å². The van der Waals surface area contributed by atoms with Gasteiger partial charge in [-0.2, -0.15) is 0 Å². The smallest absolute Gasteiger partial charge is 0.270 e. The van der Waals surface area contributed by atoms with Crippen LogP contribution in [0.3, 0.4) is 0 Å². The van der Waals surface area contributed by atoms with Crippen molar-refractivity contribution in [3.05, 3.63) is 36.2 Å². The Bertz CT molecular complexity index is 612. The molecular formula is C13H14N4O2. The van der Waals surface area contributed by atoms with Crippen LogP contribution in [0.1, 0.15) is 17.4 Å². The topological polar surface area (TPSA) is 84.0 Å². The number of amides is 2. The molecule has 2 rings (SSSR count). The van der Waals surface area contributed by atoms with Gasteiger partial charge < -0.3 is 10.6 Å². The first kappa shape index (κ1) is 12.9. The standard InChI is InChI=1S/C13H14N4O2/c1-9(18)14-7-8-16-13(19)11-5-4-10-3-2-6-15-12(10)17-11/h2-6H,7-8H2,1H3,(H,14,18)(H,16,19). The van der Waals surface area contributed by atoms with Crippen LogP contribution in [0.25, 0.3) is 11.0 Å². The number of carbonyl (C=O) groups excluding carboxylic acids is 2. The van der Waals surface area contributed by atoms with Crippen molar-refractivity contribution in [1.82, 2.24) is 20.6 Å². The van der Waals surface area contributed by atoms with E-state index < -0.39 is 0 Å². The minimum Gasteiger partial charge on any atom is -0.355 e. The maximum atomic E-state index is 11.8. The number of nitrogens with zero attached hydrogens (tertiary/aromatic N) is 2. The first-order valence-electron chi connectivity index (χ1n) is 5.91. The van der Waals surface area contributed by atoms with Gasteiger partial charge in [0.15, 0.2) is 5.65 Å². The number of nitrogens with one attached hydrogen (secondary N) is 2. The molecule has 2 N–H and O–H groups in total. The average Bonchev–Trinajstić information content (AvgIpc) is 2.42. The first-order chi connectivity index (χ1) is 9.16. The summed E-state index contributed by atoms with van der Waals surface area (Å²) in [6.07, 6.45) is 1.63. The SMILES string of the molecule is CC(=O)NCCNC(=O)c1ccc2cccnc2n1. The van der Waals surface area contributed by atoms with Crippen molar-refractivity contribution in [3.8, 4) is 0 Å². The van der Waals surface area contributed by atoms with Crippen molar-refractivity contribution < 1.29 is 9.59 Å². The molecule has 19 heavy (non-hydrogen) atoms. The second kappa shape index (κ2) is 5.90. The molecule has 2 aromatic rings. The zero-order chi connectivity index (χ0) is 13.7. The average molecular weight is 258 g/mol. The highest BCUT2D eigenvalue weighted by Crippen LogP contribution is 2.08. The number of hydrogen-bond donors (Lipinski definition) is 2. The van der Waals surface area contributed by atoms with Gasteiger partial charge in [0.1, 0.15) is 5.69 Å². The Morgan fingerprint density at radius 3 is 2.74 bits per heavy atom. The Labute approximate surface area is 110 Å². The summed E-state index contributed by atoms with van der Waals surface area (Å²) >= 11 is 0. The Balaban J connectivity index is 1.99. The summed E-state index contributed by atoms with van der Waals surface area (Å²) in [4.78, 5) is 30.8. The van der Waals surface area contributed by atoms with Gasteiger partial charge in [0.2, 0.25) is 5.91 Å². The molecule has 0 atom stereocenters. The number of pyridine rings is 2. The van der Waals surface area contributed by atoms with E-state index in [0.717, 1.165) is 5.39 Å². The van der Waals surface area contributed by atoms with Gasteiger partial charge in [-0.1, -0.05) is 0 Å². The van der Waals surface area contributed by atoms with E-state index in [2.05, 4.69) is 20.6 Å². The molecule has 0 aromatic carbocycles. The Kier molecular flexibility index (Phi) is 4.02. The van der Waals surface area contributed by atoms with Crippen molar-refractivity contribution in [2.75, 3.05) is 13.1 Å². The molecule has 0 radical (unpaired) electrons. The zero-order valence-corrected chi connectivity index (χ0v) is 10.5. The van der Waals surface area contributed by atoms with Crippen LogP contribution in [-0.2, 0) is 4.79 Å². The van der Waals surface area contributed by atoms with E-state index in [4.69, 9.17) is 0 Å². The highest BCUT2D eigenvalue weighted by Gasteiger charge is 2.07. The molecule has 0 unspecified atom stereocenters. The second-order valence-corrected chi connectivity index (χ2v) is 3.99. The third kappa shape index (κ3) is 3.48. The lowest BCUT2D eigenvalue weighted by Crippen LogP contribution is -2.34. The summed E-state index contributed by atoms with van der Waals surface area (Å²) in [6, 6.07) is 7.15. The summed E-state index contributed by atoms with van der Waals surface area (Å²) in [6.45, 7) is 2.19. The van der Waals surface area contributed by atoms with Gasteiger partial charge in [0.05, 0.1) is 0 Å². The van der Waals surface area contributed by atoms with Crippen LogP contribution in [-0.4, -0.2) is 34.9 Å². The van der Waals surface area contributed by atoms with Crippen LogP contribution >= 0.6 is 0 Å². The molecule has 0 aliphatic rings. The highest BCUT2D eigenvalue weighted by atomic mass is 16.2.